The molecule has 1 aromatic carbocycles. The zero-order valence-electron chi connectivity index (χ0n) is 11.0. The predicted molar refractivity (Wildman–Crippen MR) is 71.4 cm³/mol. The number of ether oxygens (including phenoxy) is 2. The molecule has 0 heterocycles. The Morgan fingerprint density at radius 2 is 1.53 bits per heavy atom. The molecular weight excluding hydrogens is 248 g/mol. The lowest BCUT2D eigenvalue weighted by Crippen LogP contribution is -2.09. The maximum absolute atomic E-state index is 9.03. The molecule has 0 amide bonds. The van der Waals surface area contributed by atoms with Crippen LogP contribution in [0.15, 0.2) is 18.2 Å². The molecule has 0 aliphatic carbocycles. The average molecular weight is 270 g/mol. The van der Waals surface area contributed by atoms with Crippen molar-refractivity contribution in [3.8, 4) is 5.75 Å². The molecule has 5 heteroatoms. The molecule has 0 bridgehead atoms. The minimum Gasteiger partial charge on any atom is -0.491 e. The molecule has 1 aromatic rings. The number of hydrogen-bond donors (Lipinski definition) is 3. The fraction of sp³-hybridized carbons (Fsp3) is 0.571. The summed E-state index contributed by atoms with van der Waals surface area (Å²) in [6.45, 7) is 1.33. The number of hydrogen-bond acceptors (Lipinski definition) is 5. The molecule has 0 atom stereocenters. The van der Waals surface area contributed by atoms with Gasteiger partial charge < -0.3 is 24.8 Å². The minimum absolute atomic E-state index is 0.0104. The first kappa shape index (κ1) is 15.9. The Balaban J connectivity index is 2.51. The van der Waals surface area contributed by atoms with E-state index in [1.807, 2.05) is 18.2 Å². The standard InChI is InChI=1S/C14H22O5/c15-5-3-12-1-2-14(11-13(12)4-6-16)19-10-9-18-8-7-17/h1-2,11,15-17H,3-10H2. The minimum atomic E-state index is 0.0104. The van der Waals surface area contributed by atoms with Crippen molar-refractivity contribution in [1.82, 2.24) is 0 Å². The Bertz CT molecular complexity index is 354. The lowest BCUT2D eigenvalue weighted by Gasteiger charge is -2.11. The molecule has 0 saturated carbocycles. The smallest absolute Gasteiger partial charge is 0.119 e. The quantitative estimate of drug-likeness (QED) is 0.527. The summed E-state index contributed by atoms with van der Waals surface area (Å²) in [4.78, 5) is 0. The van der Waals surface area contributed by atoms with Crippen LogP contribution >= 0.6 is 0 Å². The zero-order valence-corrected chi connectivity index (χ0v) is 11.0. The fourth-order valence-corrected chi connectivity index (χ4v) is 1.79. The summed E-state index contributed by atoms with van der Waals surface area (Å²) in [5, 5.41) is 26.6. The molecule has 0 spiro atoms. The second kappa shape index (κ2) is 9.75. The van der Waals surface area contributed by atoms with Crippen molar-refractivity contribution in [3.05, 3.63) is 29.3 Å². The second-order valence-corrected chi connectivity index (χ2v) is 4.06. The molecule has 5 nitrogen and oxygen atoms in total. The van der Waals surface area contributed by atoms with Gasteiger partial charge in [-0.1, -0.05) is 6.07 Å². The average Bonchev–Trinajstić information content (AvgIpc) is 2.42. The molecule has 19 heavy (non-hydrogen) atoms. The van der Waals surface area contributed by atoms with Crippen LogP contribution in [0.2, 0.25) is 0 Å². The lowest BCUT2D eigenvalue weighted by atomic mass is 10.0. The van der Waals surface area contributed by atoms with Crippen molar-refractivity contribution in [1.29, 1.82) is 0 Å². The molecule has 0 aliphatic rings. The highest BCUT2D eigenvalue weighted by Gasteiger charge is 2.04. The third-order valence-corrected chi connectivity index (χ3v) is 2.67. The summed E-state index contributed by atoms with van der Waals surface area (Å²) in [7, 11) is 0. The van der Waals surface area contributed by atoms with E-state index < -0.39 is 0 Å². The number of aliphatic hydroxyl groups excluding tert-OH is 3. The Kier molecular flexibility index (Phi) is 8.16. The molecule has 0 aliphatic heterocycles. The summed E-state index contributed by atoms with van der Waals surface area (Å²) in [5.41, 5.74) is 2.02. The lowest BCUT2D eigenvalue weighted by molar-refractivity contribution is 0.0705. The predicted octanol–water partition coefficient (Wildman–Crippen LogP) is 0.144. The molecule has 0 aromatic heterocycles. The van der Waals surface area contributed by atoms with Gasteiger partial charge in [0.25, 0.3) is 0 Å². The molecule has 0 fully saturated rings. The van der Waals surface area contributed by atoms with Gasteiger partial charge in [-0.2, -0.15) is 0 Å². The van der Waals surface area contributed by atoms with E-state index >= 15 is 0 Å². The van der Waals surface area contributed by atoms with Crippen molar-refractivity contribution in [2.24, 2.45) is 0 Å². The number of rotatable bonds is 10. The van der Waals surface area contributed by atoms with Crippen LogP contribution in [0.25, 0.3) is 0 Å². The Morgan fingerprint density at radius 1 is 0.789 bits per heavy atom. The maximum atomic E-state index is 9.03. The van der Waals surface area contributed by atoms with Crippen LogP contribution < -0.4 is 4.74 Å². The van der Waals surface area contributed by atoms with Gasteiger partial charge in [0, 0.05) is 13.2 Å². The van der Waals surface area contributed by atoms with Crippen LogP contribution in [0, 0.1) is 0 Å². The van der Waals surface area contributed by atoms with Crippen LogP contribution in [0.1, 0.15) is 11.1 Å². The molecule has 1 rings (SSSR count). The first-order valence-electron chi connectivity index (χ1n) is 6.46. The van der Waals surface area contributed by atoms with Gasteiger partial charge in [0.05, 0.1) is 19.8 Å². The summed E-state index contributed by atoms with van der Waals surface area (Å²) in [6, 6.07) is 5.64. The Morgan fingerprint density at radius 3 is 2.21 bits per heavy atom. The van der Waals surface area contributed by atoms with Gasteiger partial charge in [0.2, 0.25) is 0 Å². The Hall–Kier alpha value is -1.14. The summed E-state index contributed by atoms with van der Waals surface area (Å²) in [5.74, 6) is 0.720. The third kappa shape index (κ3) is 6.02. The molecule has 0 saturated heterocycles. The van der Waals surface area contributed by atoms with Crippen LogP contribution in [-0.4, -0.2) is 55.0 Å². The first-order chi connectivity index (χ1) is 9.31. The van der Waals surface area contributed by atoms with Crippen LogP contribution in [-0.2, 0) is 17.6 Å². The van der Waals surface area contributed by atoms with Crippen molar-refractivity contribution < 1.29 is 24.8 Å². The summed E-state index contributed by atoms with van der Waals surface area (Å²) >= 11 is 0. The van der Waals surface area contributed by atoms with E-state index in [0.717, 1.165) is 16.9 Å². The fourth-order valence-electron chi connectivity index (χ4n) is 1.79. The van der Waals surface area contributed by atoms with E-state index in [0.29, 0.717) is 32.7 Å². The molecular formula is C14H22O5. The SMILES string of the molecule is OCCOCCOc1ccc(CCO)c(CCO)c1. The topological polar surface area (TPSA) is 79.2 Å². The highest BCUT2D eigenvalue weighted by Crippen LogP contribution is 2.19. The highest BCUT2D eigenvalue weighted by molar-refractivity contribution is 5.36. The van der Waals surface area contributed by atoms with Gasteiger partial charge in [-0.05, 0) is 36.1 Å². The maximum Gasteiger partial charge on any atom is 0.119 e. The van der Waals surface area contributed by atoms with Gasteiger partial charge in [-0.25, -0.2) is 0 Å². The second-order valence-electron chi connectivity index (χ2n) is 4.06. The Labute approximate surface area is 113 Å². The monoisotopic (exact) mass is 270 g/mol. The van der Waals surface area contributed by atoms with Crippen molar-refractivity contribution in [2.45, 2.75) is 12.8 Å². The largest absolute Gasteiger partial charge is 0.491 e. The van der Waals surface area contributed by atoms with Gasteiger partial charge in [-0.15, -0.1) is 0 Å². The molecule has 108 valence electrons. The third-order valence-electron chi connectivity index (χ3n) is 2.67. The number of benzene rings is 1. The van der Waals surface area contributed by atoms with E-state index in [1.54, 1.807) is 0 Å². The van der Waals surface area contributed by atoms with Crippen LogP contribution in [0.4, 0.5) is 0 Å². The van der Waals surface area contributed by atoms with Gasteiger partial charge in [-0.3, -0.25) is 0 Å². The normalized spacial score (nSPS) is 10.7. The van der Waals surface area contributed by atoms with E-state index in [1.165, 1.54) is 0 Å². The van der Waals surface area contributed by atoms with Gasteiger partial charge in [0.1, 0.15) is 12.4 Å². The molecule has 0 unspecified atom stereocenters. The van der Waals surface area contributed by atoms with Crippen molar-refractivity contribution >= 4 is 0 Å². The molecule has 0 radical (unpaired) electrons. The van der Waals surface area contributed by atoms with E-state index in [2.05, 4.69) is 0 Å². The van der Waals surface area contributed by atoms with Crippen LogP contribution in [0.5, 0.6) is 5.75 Å². The number of aliphatic hydroxyl groups is 3. The van der Waals surface area contributed by atoms with Gasteiger partial charge >= 0.3 is 0 Å². The van der Waals surface area contributed by atoms with E-state index in [-0.39, 0.29) is 19.8 Å². The summed E-state index contributed by atoms with van der Waals surface area (Å²) in [6.07, 6.45) is 1.13. The zero-order chi connectivity index (χ0) is 13.9. The van der Waals surface area contributed by atoms with E-state index in [4.69, 9.17) is 24.8 Å². The summed E-state index contributed by atoms with van der Waals surface area (Å²) < 4.78 is 10.6. The molecule has 3 N–H and O–H groups in total. The highest BCUT2D eigenvalue weighted by atomic mass is 16.5. The van der Waals surface area contributed by atoms with Crippen LogP contribution in [0.3, 0.4) is 0 Å². The van der Waals surface area contributed by atoms with Crippen molar-refractivity contribution in [2.75, 3.05) is 39.6 Å². The van der Waals surface area contributed by atoms with E-state index in [9.17, 15) is 0 Å². The van der Waals surface area contributed by atoms with Crippen molar-refractivity contribution in [3.63, 3.8) is 0 Å². The first-order valence-corrected chi connectivity index (χ1v) is 6.46. The van der Waals surface area contributed by atoms with Gasteiger partial charge in [0.15, 0.2) is 0 Å².